The highest BCUT2D eigenvalue weighted by Gasteiger charge is 2.38. The molecule has 0 radical (unpaired) electrons. The number of carbonyl (C=O) groups is 1. The zero-order valence-corrected chi connectivity index (χ0v) is 12.4. The molecule has 2 rings (SSSR count). The Kier molecular flexibility index (Phi) is 5.42. The van der Waals surface area contributed by atoms with Crippen molar-refractivity contribution in [2.24, 2.45) is 0 Å². The van der Waals surface area contributed by atoms with Crippen LogP contribution in [0.5, 0.6) is 0 Å². The van der Waals surface area contributed by atoms with E-state index in [0.29, 0.717) is 17.7 Å². The first-order valence-corrected chi connectivity index (χ1v) is 7.97. The van der Waals surface area contributed by atoms with Crippen LogP contribution < -0.4 is 0 Å². The number of aromatic nitrogens is 2. The molecule has 1 aromatic heterocycles. The molecule has 0 aromatic carbocycles. The second-order valence-corrected chi connectivity index (χ2v) is 5.83. The summed E-state index contributed by atoms with van der Waals surface area (Å²) in [7, 11) is 0. The summed E-state index contributed by atoms with van der Waals surface area (Å²) < 4.78 is 11.1. The van der Waals surface area contributed by atoms with Crippen molar-refractivity contribution in [3.05, 3.63) is 5.82 Å². The van der Waals surface area contributed by atoms with Gasteiger partial charge in [0.05, 0.1) is 0 Å². The quantitative estimate of drug-likeness (QED) is 0.638. The Balaban J connectivity index is 2.14. The van der Waals surface area contributed by atoms with Crippen molar-refractivity contribution in [3.8, 4) is 0 Å². The monoisotopic (exact) mass is 300 g/mol. The minimum Gasteiger partial charge on any atom is -0.481 e. The third-order valence-corrected chi connectivity index (χ3v) is 4.27. The summed E-state index contributed by atoms with van der Waals surface area (Å²) in [6, 6.07) is 0. The molecule has 0 amide bonds. The summed E-state index contributed by atoms with van der Waals surface area (Å²) in [5.41, 5.74) is -0.462. The van der Waals surface area contributed by atoms with Gasteiger partial charge in [-0.05, 0) is 19.8 Å². The number of carboxylic acid groups (broad SMARTS) is 1. The van der Waals surface area contributed by atoms with Gasteiger partial charge in [0.15, 0.2) is 0 Å². The van der Waals surface area contributed by atoms with Crippen LogP contribution in [-0.2, 0) is 15.1 Å². The largest absolute Gasteiger partial charge is 0.481 e. The van der Waals surface area contributed by atoms with Gasteiger partial charge in [-0.3, -0.25) is 4.79 Å². The summed E-state index contributed by atoms with van der Waals surface area (Å²) in [6.07, 6.45) is 6.37. The predicted octanol–water partition coefficient (Wildman–Crippen LogP) is 2.83. The third kappa shape index (κ3) is 3.73. The van der Waals surface area contributed by atoms with E-state index < -0.39 is 11.6 Å². The number of ether oxygens (including phenoxy) is 1. The predicted molar refractivity (Wildman–Crippen MR) is 73.7 cm³/mol. The van der Waals surface area contributed by atoms with E-state index in [-0.39, 0.29) is 5.75 Å². The molecule has 7 heteroatoms. The molecule has 6 nitrogen and oxygen atoms in total. The van der Waals surface area contributed by atoms with E-state index in [0.717, 1.165) is 37.4 Å². The Bertz CT molecular complexity index is 441. The van der Waals surface area contributed by atoms with Crippen LogP contribution in [0.3, 0.4) is 0 Å². The van der Waals surface area contributed by atoms with Gasteiger partial charge in [-0.15, -0.1) is 0 Å². The molecule has 1 fully saturated rings. The second-order valence-electron chi connectivity index (χ2n) is 4.91. The normalized spacial score (nSPS) is 18.6. The molecule has 1 aliphatic rings. The Hall–Kier alpha value is -1.08. The van der Waals surface area contributed by atoms with Crippen LogP contribution in [0.15, 0.2) is 9.75 Å². The van der Waals surface area contributed by atoms with Crippen molar-refractivity contribution in [1.29, 1.82) is 0 Å². The molecule has 0 saturated heterocycles. The van der Waals surface area contributed by atoms with Gasteiger partial charge in [-0.1, -0.05) is 42.6 Å². The SMILES string of the molecule is CCOC1(c2noc(SCC(=O)O)n2)CCCCCC1. The maximum atomic E-state index is 10.6. The number of thioether (sulfide) groups is 1. The lowest BCUT2D eigenvalue weighted by Gasteiger charge is -2.29. The summed E-state index contributed by atoms with van der Waals surface area (Å²) >= 11 is 1.04. The number of hydrogen-bond acceptors (Lipinski definition) is 6. The molecule has 1 aliphatic carbocycles. The highest BCUT2D eigenvalue weighted by molar-refractivity contribution is 7.99. The van der Waals surface area contributed by atoms with Crippen LogP contribution in [0.25, 0.3) is 0 Å². The molecule has 20 heavy (non-hydrogen) atoms. The van der Waals surface area contributed by atoms with E-state index in [9.17, 15) is 4.79 Å². The molecule has 0 spiro atoms. The fourth-order valence-corrected chi connectivity index (χ4v) is 3.07. The molecule has 1 N–H and O–H groups in total. The molecule has 112 valence electrons. The average Bonchev–Trinajstić information content (AvgIpc) is 2.78. The van der Waals surface area contributed by atoms with E-state index in [1.807, 2.05) is 6.92 Å². The van der Waals surface area contributed by atoms with Crippen LogP contribution >= 0.6 is 11.8 Å². The van der Waals surface area contributed by atoms with E-state index in [1.165, 1.54) is 12.8 Å². The summed E-state index contributed by atoms with van der Waals surface area (Å²) in [5.74, 6) is -0.415. The maximum absolute atomic E-state index is 10.6. The minimum atomic E-state index is -0.899. The van der Waals surface area contributed by atoms with Crippen LogP contribution in [0.2, 0.25) is 0 Å². The Morgan fingerprint density at radius 1 is 1.40 bits per heavy atom. The van der Waals surface area contributed by atoms with Crippen LogP contribution in [0.1, 0.15) is 51.3 Å². The zero-order valence-electron chi connectivity index (χ0n) is 11.6. The third-order valence-electron chi connectivity index (χ3n) is 3.47. The van der Waals surface area contributed by atoms with Gasteiger partial charge in [-0.2, -0.15) is 4.98 Å². The number of carboxylic acids is 1. The number of rotatable bonds is 6. The molecule has 0 bridgehead atoms. The first kappa shape index (κ1) is 15.3. The standard InChI is InChI=1S/C13H20N2O4S/c1-2-18-13(7-5-3-4-6-8-13)11-14-12(19-15-11)20-9-10(16)17/h2-9H2,1H3,(H,16,17). The fraction of sp³-hybridized carbons (Fsp3) is 0.769. The summed E-state index contributed by atoms with van der Waals surface area (Å²) in [5, 5.41) is 13.0. The molecule has 0 unspecified atom stereocenters. The lowest BCUT2D eigenvalue weighted by Crippen LogP contribution is -2.30. The molecular weight excluding hydrogens is 280 g/mol. The van der Waals surface area contributed by atoms with Gasteiger partial charge in [0.1, 0.15) is 11.4 Å². The summed E-state index contributed by atoms with van der Waals surface area (Å²) in [4.78, 5) is 14.9. The first-order chi connectivity index (χ1) is 9.66. The van der Waals surface area contributed by atoms with Gasteiger partial charge >= 0.3 is 5.97 Å². The Labute approximate surface area is 122 Å². The first-order valence-electron chi connectivity index (χ1n) is 6.99. The van der Waals surface area contributed by atoms with E-state index in [1.54, 1.807) is 0 Å². The molecule has 1 heterocycles. The van der Waals surface area contributed by atoms with Crippen molar-refractivity contribution in [2.75, 3.05) is 12.4 Å². The van der Waals surface area contributed by atoms with Crippen LogP contribution in [-0.4, -0.2) is 33.6 Å². The fourth-order valence-electron chi connectivity index (χ4n) is 2.59. The zero-order chi connectivity index (χ0) is 14.4. The van der Waals surface area contributed by atoms with E-state index in [2.05, 4.69) is 10.1 Å². The Morgan fingerprint density at radius 3 is 2.70 bits per heavy atom. The second kappa shape index (κ2) is 7.08. The number of hydrogen-bond donors (Lipinski definition) is 1. The topological polar surface area (TPSA) is 85.5 Å². The highest BCUT2D eigenvalue weighted by atomic mass is 32.2. The molecule has 0 atom stereocenters. The van der Waals surface area contributed by atoms with Crippen molar-refractivity contribution in [3.63, 3.8) is 0 Å². The molecule has 1 aromatic rings. The van der Waals surface area contributed by atoms with Crippen LogP contribution in [0, 0.1) is 0 Å². The average molecular weight is 300 g/mol. The van der Waals surface area contributed by atoms with Crippen molar-refractivity contribution in [1.82, 2.24) is 10.1 Å². The van der Waals surface area contributed by atoms with E-state index >= 15 is 0 Å². The van der Waals surface area contributed by atoms with Crippen molar-refractivity contribution in [2.45, 2.75) is 56.3 Å². The minimum absolute atomic E-state index is 0.0801. The molecule has 0 aliphatic heterocycles. The van der Waals surface area contributed by atoms with Gasteiger partial charge in [0, 0.05) is 6.61 Å². The van der Waals surface area contributed by atoms with Gasteiger partial charge in [0.2, 0.25) is 5.82 Å². The Morgan fingerprint density at radius 2 is 2.10 bits per heavy atom. The van der Waals surface area contributed by atoms with Crippen molar-refractivity contribution < 1.29 is 19.2 Å². The van der Waals surface area contributed by atoms with Crippen LogP contribution in [0.4, 0.5) is 0 Å². The smallest absolute Gasteiger partial charge is 0.314 e. The van der Waals surface area contributed by atoms with Gasteiger partial charge in [0.25, 0.3) is 5.22 Å². The lowest BCUT2D eigenvalue weighted by molar-refractivity contribution is -0.133. The van der Waals surface area contributed by atoms with Crippen molar-refractivity contribution >= 4 is 17.7 Å². The molecule has 1 saturated carbocycles. The van der Waals surface area contributed by atoms with Gasteiger partial charge in [-0.25, -0.2) is 0 Å². The lowest BCUT2D eigenvalue weighted by atomic mass is 9.93. The van der Waals surface area contributed by atoms with E-state index in [4.69, 9.17) is 14.4 Å². The maximum Gasteiger partial charge on any atom is 0.314 e. The number of aliphatic carboxylic acids is 1. The summed E-state index contributed by atoms with van der Waals surface area (Å²) in [6.45, 7) is 2.57. The van der Waals surface area contributed by atoms with Gasteiger partial charge < -0.3 is 14.4 Å². The number of nitrogens with zero attached hydrogens (tertiary/aromatic N) is 2. The highest BCUT2D eigenvalue weighted by Crippen LogP contribution is 2.38. The molecular formula is C13H20N2O4S.